The van der Waals surface area contributed by atoms with E-state index in [4.69, 9.17) is 0 Å². The second-order valence-electron chi connectivity index (χ2n) is 7.80. The van der Waals surface area contributed by atoms with Crippen molar-refractivity contribution in [3.8, 4) is 0 Å². The summed E-state index contributed by atoms with van der Waals surface area (Å²) in [7, 11) is 0. The van der Waals surface area contributed by atoms with E-state index >= 15 is 0 Å². The molecule has 2 saturated carbocycles. The van der Waals surface area contributed by atoms with E-state index in [0.717, 1.165) is 35.2 Å². The molecule has 2 aliphatic rings. The summed E-state index contributed by atoms with van der Waals surface area (Å²) in [6.45, 7) is 6.29. The highest BCUT2D eigenvalue weighted by Gasteiger charge is 2.42. The van der Waals surface area contributed by atoms with E-state index in [2.05, 4.69) is 24.1 Å². The number of carbonyl (C=O) groups is 1. The van der Waals surface area contributed by atoms with Crippen LogP contribution in [0.4, 0.5) is 0 Å². The highest BCUT2D eigenvalue weighted by atomic mass is 16.2. The maximum atomic E-state index is 13.0. The Morgan fingerprint density at radius 2 is 2.21 bits per heavy atom. The Bertz CT molecular complexity index is 779. The molecule has 24 heavy (non-hydrogen) atoms. The molecule has 2 bridgehead atoms. The number of amides is 1. The van der Waals surface area contributed by atoms with Gasteiger partial charge in [0.05, 0.1) is 5.69 Å². The van der Waals surface area contributed by atoms with E-state index in [1.54, 1.807) is 0 Å². The van der Waals surface area contributed by atoms with E-state index in [0.29, 0.717) is 11.6 Å². The molecule has 0 radical (unpaired) electrons. The van der Waals surface area contributed by atoms with Crippen LogP contribution in [0.25, 0.3) is 5.65 Å². The van der Waals surface area contributed by atoms with E-state index < -0.39 is 0 Å². The molecular formula is C20H27N3O. The van der Waals surface area contributed by atoms with Crippen LogP contribution in [0.5, 0.6) is 0 Å². The van der Waals surface area contributed by atoms with Crippen molar-refractivity contribution in [3.63, 3.8) is 0 Å². The van der Waals surface area contributed by atoms with E-state index in [1.807, 2.05) is 29.7 Å². The van der Waals surface area contributed by atoms with E-state index in [-0.39, 0.29) is 11.9 Å². The van der Waals surface area contributed by atoms with Gasteiger partial charge in [-0.1, -0.05) is 19.4 Å². The average Bonchev–Trinajstić information content (AvgIpc) is 3.27. The molecule has 4 rings (SSSR count). The number of carbonyl (C=O) groups excluding carboxylic acids is 1. The Labute approximate surface area is 143 Å². The van der Waals surface area contributed by atoms with Gasteiger partial charge in [0.2, 0.25) is 0 Å². The number of nitrogens with one attached hydrogen (secondary N) is 1. The summed E-state index contributed by atoms with van der Waals surface area (Å²) in [6.07, 6.45) is 8.20. The Balaban J connectivity index is 1.60. The van der Waals surface area contributed by atoms with Gasteiger partial charge in [-0.2, -0.15) is 0 Å². The zero-order chi connectivity index (χ0) is 16.8. The summed E-state index contributed by atoms with van der Waals surface area (Å²) in [5.74, 6) is 2.41. The smallest absolute Gasteiger partial charge is 0.270 e. The van der Waals surface area contributed by atoms with Crippen molar-refractivity contribution in [2.24, 2.45) is 17.8 Å². The van der Waals surface area contributed by atoms with Gasteiger partial charge in [0.1, 0.15) is 11.3 Å². The number of nitrogens with zero attached hydrogens (tertiary/aromatic N) is 2. The van der Waals surface area contributed by atoms with Crippen molar-refractivity contribution in [1.82, 2.24) is 14.7 Å². The lowest BCUT2D eigenvalue weighted by molar-refractivity contribution is 0.0908. The van der Waals surface area contributed by atoms with Gasteiger partial charge in [-0.3, -0.25) is 9.20 Å². The van der Waals surface area contributed by atoms with E-state index in [9.17, 15) is 4.79 Å². The minimum Gasteiger partial charge on any atom is -0.348 e. The third-order valence-corrected chi connectivity index (χ3v) is 6.18. The highest BCUT2D eigenvalue weighted by molar-refractivity contribution is 5.95. The van der Waals surface area contributed by atoms with Crippen molar-refractivity contribution in [2.75, 3.05) is 0 Å². The average molecular weight is 325 g/mol. The van der Waals surface area contributed by atoms with Crippen molar-refractivity contribution in [3.05, 3.63) is 35.3 Å². The Morgan fingerprint density at radius 1 is 1.38 bits per heavy atom. The molecule has 2 aromatic heterocycles. The predicted molar refractivity (Wildman–Crippen MR) is 95.2 cm³/mol. The summed E-state index contributed by atoms with van der Waals surface area (Å²) in [5.41, 5.74) is 3.59. The first-order chi connectivity index (χ1) is 11.6. The molecule has 1 amide bonds. The van der Waals surface area contributed by atoms with Gasteiger partial charge in [0, 0.05) is 12.2 Å². The number of aromatic nitrogens is 2. The fourth-order valence-corrected chi connectivity index (χ4v) is 4.98. The van der Waals surface area contributed by atoms with Gasteiger partial charge < -0.3 is 5.32 Å². The van der Waals surface area contributed by atoms with Crippen LogP contribution in [0.3, 0.4) is 0 Å². The van der Waals surface area contributed by atoms with Gasteiger partial charge in [-0.15, -0.1) is 0 Å². The van der Waals surface area contributed by atoms with Gasteiger partial charge in [-0.05, 0) is 68.9 Å². The molecule has 0 aliphatic heterocycles. The number of imidazole rings is 1. The predicted octanol–water partition coefficient (Wildman–Crippen LogP) is 3.76. The standard InChI is InChI=1S/C20H27N3O/c1-4-17-19(23-11-12(2)5-8-18(23)22-17)20(24)21-13(3)16-10-14-6-7-15(16)9-14/h5,8,11,13-16H,4,6-7,9-10H2,1-3H3,(H,21,24). The second-order valence-corrected chi connectivity index (χ2v) is 7.80. The summed E-state index contributed by atoms with van der Waals surface area (Å²) < 4.78 is 1.96. The number of aryl methyl sites for hydroxylation is 2. The quantitative estimate of drug-likeness (QED) is 0.930. The van der Waals surface area contributed by atoms with E-state index in [1.165, 1.54) is 25.7 Å². The first kappa shape index (κ1) is 15.7. The molecule has 0 spiro atoms. The van der Waals surface area contributed by atoms with Crippen LogP contribution in [0.1, 0.15) is 61.3 Å². The van der Waals surface area contributed by atoms with Crippen LogP contribution >= 0.6 is 0 Å². The fourth-order valence-electron chi connectivity index (χ4n) is 4.98. The first-order valence-electron chi connectivity index (χ1n) is 9.35. The van der Waals surface area contributed by atoms with Crippen LogP contribution in [-0.4, -0.2) is 21.3 Å². The summed E-state index contributed by atoms with van der Waals surface area (Å²) in [4.78, 5) is 17.7. The molecule has 2 heterocycles. The molecule has 0 saturated heterocycles. The van der Waals surface area contributed by atoms with Crippen LogP contribution in [0.2, 0.25) is 0 Å². The molecule has 1 N–H and O–H groups in total. The number of fused-ring (bicyclic) bond motifs is 3. The maximum Gasteiger partial charge on any atom is 0.270 e. The Morgan fingerprint density at radius 3 is 2.88 bits per heavy atom. The molecule has 2 aliphatic carbocycles. The van der Waals surface area contributed by atoms with Crippen molar-refractivity contribution in [1.29, 1.82) is 0 Å². The molecular weight excluding hydrogens is 298 g/mol. The lowest BCUT2D eigenvalue weighted by Crippen LogP contribution is -2.40. The minimum absolute atomic E-state index is 0.0280. The van der Waals surface area contributed by atoms with Crippen LogP contribution in [0, 0.1) is 24.7 Å². The number of hydrogen-bond donors (Lipinski definition) is 1. The number of rotatable bonds is 4. The fraction of sp³-hybridized carbons (Fsp3) is 0.600. The zero-order valence-electron chi connectivity index (χ0n) is 14.9. The molecule has 4 atom stereocenters. The van der Waals surface area contributed by atoms with Crippen LogP contribution < -0.4 is 5.32 Å². The van der Waals surface area contributed by atoms with Crippen LogP contribution in [-0.2, 0) is 6.42 Å². The molecule has 4 nitrogen and oxygen atoms in total. The largest absolute Gasteiger partial charge is 0.348 e. The third kappa shape index (κ3) is 2.52. The normalized spacial score (nSPS) is 26.9. The summed E-state index contributed by atoms with van der Waals surface area (Å²) in [6, 6.07) is 4.28. The molecule has 2 fully saturated rings. The van der Waals surface area contributed by atoms with Crippen molar-refractivity contribution in [2.45, 2.75) is 58.9 Å². The zero-order valence-corrected chi connectivity index (χ0v) is 14.9. The van der Waals surface area contributed by atoms with Crippen LogP contribution in [0.15, 0.2) is 18.3 Å². The monoisotopic (exact) mass is 325 g/mol. The Hall–Kier alpha value is -1.84. The molecule has 4 heteroatoms. The molecule has 0 aromatic carbocycles. The summed E-state index contributed by atoms with van der Waals surface area (Å²) in [5, 5.41) is 3.30. The van der Waals surface area contributed by atoms with Gasteiger partial charge in [0.25, 0.3) is 5.91 Å². The van der Waals surface area contributed by atoms with Gasteiger partial charge in [-0.25, -0.2) is 4.98 Å². The van der Waals surface area contributed by atoms with Crippen molar-refractivity contribution < 1.29 is 4.79 Å². The van der Waals surface area contributed by atoms with Crippen molar-refractivity contribution >= 4 is 11.6 Å². The minimum atomic E-state index is 0.0280. The first-order valence-corrected chi connectivity index (χ1v) is 9.35. The summed E-state index contributed by atoms with van der Waals surface area (Å²) >= 11 is 0. The number of pyridine rings is 1. The molecule has 2 aromatic rings. The topological polar surface area (TPSA) is 46.4 Å². The number of hydrogen-bond acceptors (Lipinski definition) is 2. The third-order valence-electron chi connectivity index (χ3n) is 6.18. The SMILES string of the molecule is CCc1nc2ccc(C)cn2c1C(=O)NC(C)C1CC2CCC1C2. The lowest BCUT2D eigenvalue weighted by atomic mass is 9.84. The highest BCUT2D eigenvalue weighted by Crippen LogP contribution is 2.49. The van der Waals surface area contributed by atoms with Gasteiger partial charge in [0.15, 0.2) is 0 Å². The van der Waals surface area contributed by atoms with Gasteiger partial charge >= 0.3 is 0 Å². The molecule has 128 valence electrons. The Kier molecular flexibility index (Phi) is 3.86. The maximum absolute atomic E-state index is 13.0. The second kappa shape index (κ2) is 5.91. The molecule has 4 unspecified atom stereocenters. The lowest BCUT2D eigenvalue weighted by Gasteiger charge is -2.28.